The zero-order chi connectivity index (χ0) is 21.3. The van der Waals surface area contributed by atoms with Crippen LogP contribution >= 0.6 is 0 Å². The second kappa shape index (κ2) is 8.05. The molecule has 0 aromatic carbocycles. The molecule has 0 aliphatic carbocycles. The van der Waals surface area contributed by atoms with Gasteiger partial charge >= 0.3 is 0 Å². The van der Waals surface area contributed by atoms with E-state index in [-0.39, 0.29) is 17.4 Å². The molecule has 7 heteroatoms. The molecule has 1 aliphatic rings. The Balaban J connectivity index is 1.60. The van der Waals surface area contributed by atoms with Crippen LogP contribution in [0.5, 0.6) is 0 Å². The van der Waals surface area contributed by atoms with E-state index in [9.17, 15) is 4.79 Å². The number of likely N-dealkylation sites (tertiary alicyclic amines) is 1. The van der Waals surface area contributed by atoms with Gasteiger partial charge in [-0.25, -0.2) is 14.6 Å². The van der Waals surface area contributed by atoms with Crippen LogP contribution in [-0.4, -0.2) is 43.1 Å². The van der Waals surface area contributed by atoms with Gasteiger partial charge in [0.1, 0.15) is 5.76 Å². The molecule has 4 rings (SSSR count). The van der Waals surface area contributed by atoms with Crippen molar-refractivity contribution in [3.63, 3.8) is 0 Å². The van der Waals surface area contributed by atoms with Crippen LogP contribution < -0.4 is 0 Å². The fraction of sp³-hybridized carbons (Fsp3) is 0.478. The fourth-order valence-corrected chi connectivity index (χ4v) is 4.21. The highest BCUT2D eigenvalue weighted by Crippen LogP contribution is 2.28. The van der Waals surface area contributed by atoms with Crippen LogP contribution in [0.15, 0.2) is 41.2 Å². The Morgan fingerprint density at radius 2 is 2.07 bits per heavy atom. The van der Waals surface area contributed by atoms with Crippen molar-refractivity contribution in [3.05, 3.63) is 59.7 Å². The van der Waals surface area contributed by atoms with Gasteiger partial charge in [0.2, 0.25) is 0 Å². The summed E-state index contributed by atoms with van der Waals surface area (Å²) in [5.74, 6) is 2.11. The second-order valence-electron chi connectivity index (χ2n) is 8.94. The van der Waals surface area contributed by atoms with Gasteiger partial charge in [-0.2, -0.15) is 5.10 Å². The average molecular weight is 408 g/mol. The van der Waals surface area contributed by atoms with E-state index in [2.05, 4.69) is 30.9 Å². The predicted octanol–water partition coefficient (Wildman–Crippen LogP) is 4.10. The molecule has 3 aromatic rings. The standard InChI is InChI=1S/C23H29N5O2/c1-16-20(23(2,3)4)26-19(30-16)15-17-9-5-6-13-27(17)22(29)18-10-7-11-24-21(18)28-14-8-12-25-28/h7-8,10-12,14,17H,5-6,9,13,15H2,1-4H3/t17-/m1/s1. The number of aromatic nitrogens is 4. The molecule has 0 unspecified atom stereocenters. The SMILES string of the molecule is Cc1oc(C[C@H]2CCCCN2C(=O)c2cccnc2-n2cccn2)nc1C(C)(C)C. The zero-order valence-corrected chi connectivity index (χ0v) is 18.1. The third kappa shape index (κ3) is 4.01. The monoisotopic (exact) mass is 407 g/mol. The number of rotatable bonds is 4. The summed E-state index contributed by atoms with van der Waals surface area (Å²) in [5.41, 5.74) is 1.48. The lowest BCUT2D eigenvalue weighted by atomic mass is 9.91. The number of piperidine rings is 1. The normalized spacial score (nSPS) is 17.3. The summed E-state index contributed by atoms with van der Waals surface area (Å²) in [5, 5.41) is 4.26. The van der Waals surface area contributed by atoms with Gasteiger partial charge in [-0.1, -0.05) is 20.8 Å². The van der Waals surface area contributed by atoms with E-state index in [0.29, 0.717) is 23.7 Å². The van der Waals surface area contributed by atoms with E-state index in [4.69, 9.17) is 9.40 Å². The van der Waals surface area contributed by atoms with Crippen molar-refractivity contribution in [2.24, 2.45) is 0 Å². The number of hydrogen-bond acceptors (Lipinski definition) is 5. The molecule has 4 heterocycles. The number of amides is 1. The first-order valence-electron chi connectivity index (χ1n) is 10.6. The van der Waals surface area contributed by atoms with Gasteiger partial charge in [0, 0.05) is 43.0 Å². The Morgan fingerprint density at radius 1 is 1.23 bits per heavy atom. The predicted molar refractivity (Wildman–Crippen MR) is 114 cm³/mol. The molecule has 0 radical (unpaired) electrons. The van der Waals surface area contributed by atoms with Crippen LogP contribution in [0, 0.1) is 6.92 Å². The van der Waals surface area contributed by atoms with Crippen molar-refractivity contribution < 1.29 is 9.21 Å². The van der Waals surface area contributed by atoms with Gasteiger partial charge in [0.15, 0.2) is 11.7 Å². The first-order valence-corrected chi connectivity index (χ1v) is 10.6. The van der Waals surface area contributed by atoms with Gasteiger partial charge in [-0.05, 0) is 44.4 Å². The summed E-state index contributed by atoms with van der Waals surface area (Å²) in [6.45, 7) is 9.10. The minimum atomic E-state index is -0.0672. The smallest absolute Gasteiger partial charge is 0.257 e. The summed E-state index contributed by atoms with van der Waals surface area (Å²) in [7, 11) is 0. The first kappa shape index (κ1) is 20.3. The van der Waals surface area contributed by atoms with Crippen molar-refractivity contribution >= 4 is 5.91 Å². The van der Waals surface area contributed by atoms with Crippen molar-refractivity contribution in [1.82, 2.24) is 24.6 Å². The van der Waals surface area contributed by atoms with Crippen LogP contribution in [-0.2, 0) is 11.8 Å². The van der Waals surface area contributed by atoms with Gasteiger partial charge in [-0.3, -0.25) is 4.79 Å². The zero-order valence-electron chi connectivity index (χ0n) is 18.1. The molecule has 1 amide bonds. The van der Waals surface area contributed by atoms with E-state index in [1.807, 2.05) is 24.0 Å². The van der Waals surface area contributed by atoms with E-state index < -0.39 is 0 Å². The van der Waals surface area contributed by atoms with Gasteiger partial charge in [0.25, 0.3) is 5.91 Å². The number of nitrogens with zero attached hydrogens (tertiary/aromatic N) is 5. The van der Waals surface area contributed by atoms with Crippen LogP contribution in [0.3, 0.4) is 0 Å². The van der Waals surface area contributed by atoms with Crippen molar-refractivity contribution in [2.45, 2.75) is 64.8 Å². The lowest BCUT2D eigenvalue weighted by molar-refractivity contribution is 0.0604. The Labute approximate surface area is 177 Å². The maximum Gasteiger partial charge on any atom is 0.257 e. The maximum absolute atomic E-state index is 13.5. The number of aryl methyl sites for hydroxylation is 1. The molecule has 1 saturated heterocycles. The molecule has 1 fully saturated rings. The lowest BCUT2D eigenvalue weighted by Gasteiger charge is -2.35. The first-order chi connectivity index (χ1) is 14.3. The summed E-state index contributed by atoms with van der Waals surface area (Å²) in [4.78, 5) is 24.7. The van der Waals surface area contributed by atoms with E-state index in [1.165, 1.54) is 0 Å². The van der Waals surface area contributed by atoms with Crippen LogP contribution in [0.4, 0.5) is 0 Å². The molecule has 3 aromatic heterocycles. The van der Waals surface area contributed by atoms with Crippen LogP contribution in [0.1, 0.15) is 67.7 Å². The van der Waals surface area contributed by atoms with Crippen LogP contribution in [0.25, 0.3) is 5.82 Å². The highest BCUT2D eigenvalue weighted by atomic mass is 16.4. The third-order valence-electron chi connectivity index (χ3n) is 5.59. The van der Waals surface area contributed by atoms with E-state index >= 15 is 0 Å². The number of carbonyl (C=O) groups is 1. The van der Waals surface area contributed by atoms with Gasteiger partial charge < -0.3 is 9.32 Å². The van der Waals surface area contributed by atoms with Crippen LogP contribution in [0.2, 0.25) is 0 Å². The molecule has 0 bridgehead atoms. The molecular weight excluding hydrogens is 378 g/mol. The van der Waals surface area contributed by atoms with E-state index in [1.54, 1.807) is 29.3 Å². The van der Waals surface area contributed by atoms with Crippen molar-refractivity contribution in [1.29, 1.82) is 0 Å². The second-order valence-corrected chi connectivity index (χ2v) is 8.94. The molecule has 0 spiro atoms. The molecule has 30 heavy (non-hydrogen) atoms. The topological polar surface area (TPSA) is 77.0 Å². The third-order valence-corrected chi connectivity index (χ3v) is 5.59. The van der Waals surface area contributed by atoms with E-state index in [0.717, 1.165) is 37.3 Å². The Bertz CT molecular complexity index is 1020. The maximum atomic E-state index is 13.5. The molecule has 7 nitrogen and oxygen atoms in total. The number of pyridine rings is 1. The Kier molecular flexibility index (Phi) is 5.45. The molecular formula is C23H29N5O2. The highest BCUT2D eigenvalue weighted by molar-refractivity contribution is 5.97. The van der Waals surface area contributed by atoms with Crippen molar-refractivity contribution in [3.8, 4) is 5.82 Å². The molecule has 0 N–H and O–H groups in total. The Morgan fingerprint density at radius 3 is 2.77 bits per heavy atom. The highest BCUT2D eigenvalue weighted by Gasteiger charge is 2.31. The molecule has 1 atom stereocenters. The number of carbonyl (C=O) groups excluding carboxylic acids is 1. The lowest BCUT2D eigenvalue weighted by Crippen LogP contribution is -2.45. The molecule has 0 saturated carbocycles. The largest absolute Gasteiger partial charge is 0.446 e. The minimum absolute atomic E-state index is 0.0161. The van der Waals surface area contributed by atoms with Gasteiger partial charge in [-0.15, -0.1) is 0 Å². The van der Waals surface area contributed by atoms with Crippen molar-refractivity contribution in [2.75, 3.05) is 6.54 Å². The average Bonchev–Trinajstić information content (AvgIpc) is 3.37. The summed E-state index contributed by atoms with van der Waals surface area (Å²) < 4.78 is 7.62. The summed E-state index contributed by atoms with van der Waals surface area (Å²) in [6, 6.07) is 5.50. The quantitative estimate of drug-likeness (QED) is 0.651. The number of oxazole rings is 1. The molecule has 1 aliphatic heterocycles. The molecule has 158 valence electrons. The summed E-state index contributed by atoms with van der Waals surface area (Å²) in [6.07, 6.45) is 8.83. The fourth-order valence-electron chi connectivity index (χ4n) is 4.21. The minimum Gasteiger partial charge on any atom is -0.446 e. The summed E-state index contributed by atoms with van der Waals surface area (Å²) >= 11 is 0. The van der Waals surface area contributed by atoms with Gasteiger partial charge in [0.05, 0.1) is 11.3 Å². The number of hydrogen-bond donors (Lipinski definition) is 0. The Hall–Kier alpha value is -2.96.